The average Bonchev–Trinajstić information content (AvgIpc) is 2.14. The van der Waals surface area contributed by atoms with Crippen LogP contribution in [-0.4, -0.2) is 29.6 Å². The Morgan fingerprint density at radius 1 is 1.75 bits per heavy atom. The summed E-state index contributed by atoms with van der Waals surface area (Å²) in [7, 11) is 0. The van der Waals surface area contributed by atoms with Gasteiger partial charge in [0.15, 0.2) is 0 Å². The van der Waals surface area contributed by atoms with Crippen molar-refractivity contribution in [2.75, 3.05) is 13.1 Å². The van der Waals surface area contributed by atoms with Gasteiger partial charge in [-0.2, -0.15) is 12.6 Å². The number of nitrogens with one attached hydrogen (secondary N) is 1. The molecular weight excluding hydrogens is 120 g/mol. The van der Waals surface area contributed by atoms with Gasteiger partial charge in [-0.05, 0) is 6.42 Å². The maximum absolute atomic E-state index is 6.86. The Hall–Kier alpha value is -0.180. The number of thiol groups is 1. The molecular formula is C5H10N2S. The average molecular weight is 130 g/mol. The van der Waals surface area contributed by atoms with Crippen molar-refractivity contribution in [2.45, 2.75) is 11.7 Å². The SMILES string of the molecule is N=CN1CCC(S)C1. The van der Waals surface area contributed by atoms with Crippen molar-refractivity contribution < 1.29 is 0 Å². The zero-order chi connectivity index (χ0) is 5.98. The highest BCUT2D eigenvalue weighted by atomic mass is 32.1. The third-order valence-corrected chi connectivity index (χ3v) is 1.80. The molecule has 0 amide bonds. The van der Waals surface area contributed by atoms with E-state index in [1.165, 1.54) is 6.34 Å². The summed E-state index contributed by atoms with van der Waals surface area (Å²) in [6, 6.07) is 0. The number of rotatable bonds is 1. The van der Waals surface area contributed by atoms with Crippen LogP contribution in [0.3, 0.4) is 0 Å². The minimum Gasteiger partial charge on any atom is -0.362 e. The molecule has 1 N–H and O–H groups in total. The molecule has 0 saturated carbocycles. The summed E-state index contributed by atoms with van der Waals surface area (Å²) in [6.45, 7) is 1.96. The lowest BCUT2D eigenvalue weighted by molar-refractivity contribution is 0.534. The van der Waals surface area contributed by atoms with Crippen molar-refractivity contribution in [1.29, 1.82) is 5.41 Å². The van der Waals surface area contributed by atoms with Crippen molar-refractivity contribution >= 4 is 19.0 Å². The number of hydrogen-bond acceptors (Lipinski definition) is 2. The van der Waals surface area contributed by atoms with E-state index in [0.717, 1.165) is 19.5 Å². The molecule has 0 aromatic rings. The summed E-state index contributed by atoms with van der Waals surface area (Å²) in [4.78, 5) is 1.97. The minimum absolute atomic E-state index is 0.497. The van der Waals surface area contributed by atoms with Gasteiger partial charge in [-0.25, -0.2) is 0 Å². The van der Waals surface area contributed by atoms with E-state index in [2.05, 4.69) is 12.6 Å². The van der Waals surface area contributed by atoms with Crippen LogP contribution in [-0.2, 0) is 0 Å². The van der Waals surface area contributed by atoms with Gasteiger partial charge in [0, 0.05) is 18.3 Å². The van der Waals surface area contributed by atoms with Crippen LogP contribution in [0, 0.1) is 5.41 Å². The van der Waals surface area contributed by atoms with Crippen molar-refractivity contribution in [3.8, 4) is 0 Å². The predicted molar refractivity (Wildman–Crippen MR) is 37.7 cm³/mol. The van der Waals surface area contributed by atoms with Crippen LogP contribution in [0.4, 0.5) is 0 Å². The Balaban J connectivity index is 2.32. The van der Waals surface area contributed by atoms with Crippen molar-refractivity contribution in [2.24, 2.45) is 0 Å². The first-order valence-corrected chi connectivity index (χ1v) is 3.27. The first-order chi connectivity index (χ1) is 3.83. The largest absolute Gasteiger partial charge is 0.362 e. The molecule has 1 heterocycles. The van der Waals surface area contributed by atoms with E-state index >= 15 is 0 Å². The molecule has 0 bridgehead atoms. The quantitative estimate of drug-likeness (QED) is 0.303. The number of likely N-dealkylation sites (tertiary alicyclic amines) is 1. The summed E-state index contributed by atoms with van der Waals surface area (Å²) >= 11 is 4.26. The smallest absolute Gasteiger partial charge is 0.0817 e. The van der Waals surface area contributed by atoms with E-state index in [-0.39, 0.29) is 0 Å². The van der Waals surface area contributed by atoms with Crippen LogP contribution in [0.2, 0.25) is 0 Å². The lowest BCUT2D eigenvalue weighted by Crippen LogP contribution is -2.17. The fraction of sp³-hybridized carbons (Fsp3) is 0.800. The first-order valence-electron chi connectivity index (χ1n) is 2.75. The highest BCUT2D eigenvalue weighted by Crippen LogP contribution is 2.11. The Labute approximate surface area is 54.8 Å². The molecule has 1 rings (SSSR count). The van der Waals surface area contributed by atoms with E-state index < -0.39 is 0 Å². The molecule has 0 aromatic heterocycles. The molecule has 1 aliphatic rings. The molecule has 3 heteroatoms. The van der Waals surface area contributed by atoms with Gasteiger partial charge in [-0.1, -0.05) is 0 Å². The van der Waals surface area contributed by atoms with Crippen LogP contribution in [0.1, 0.15) is 6.42 Å². The van der Waals surface area contributed by atoms with E-state index in [9.17, 15) is 0 Å². The maximum atomic E-state index is 6.86. The fourth-order valence-corrected chi connectivity index (χ4v) is 1.21. The fourth-order valence-electron chi connectivity index (χ4n) is 0.885. The summed E-state index contributed by atoms with van der Waals surface area (Å²) in [5, 5.41) is 7.35. The standard InChI is InChI=1S/C5H10N2S/c6-4-7-2-1-5(8)3-7/h4-6,8H,1-3H2. The molecule has 46 valence electrons. The molecule has 0 spiro atoms. The second-order valence-corrected chi connectivity index (χ2v) is 2.80. The third-order valence-electron chi connectivity index (χ3n) is 1.38. The van der Waals surface area contributed by atoms with E-state index in [0.29, 0.717) is 5.25 Å². The summed E-state index contributed by atoms with van der Waals surface area (Å²) in [5.74, 6) is 0. The number of hydrogen-bond donors (Lipinski definition) is 2. The third kappa shape index (κ3) is 1.15. The lowest BCUT2D eigenvalue weighted by Gasteiger charge is -2.07. The molecule has 0 aromatic carbocycles. The van der Waals surface area contributed by atoms with Gasteiger partial charge in [0.2, 0.25) is 0 Å². The van der Waals surface area contributed by atoms with Gasteiger partial charge in [-0.3, -0.25) is 5.41 Å². The highest BCUT2D eigenvalue weighted by molar-refractivity contribution is 7.81. The highest BCUT2D eigenvalue weighted by Gasteiger charge is 2.15. The summed E-state index contributed by atoms with van der Waals surface area (Å²) < 4.78 is 0. The van der Waals surface area contributed by atoms with Gasteiger partial charge in [-0.15, -0.1) is 0 Å². The Morgan fingerprint density at radius 3 is 2.75 bits per heavy atom. The van der Waals surface area contributed by atoms with Crippen LogP contribution in [0.15, 0.2) is 0 Å². The molecule has 1 atom stereocenters. The Kier molecular flexibility index (Phi) is 1.78. The maximum Gasteiger partial charge on any atom is 0.0817 e. The van der Waals surface area contributed by atoms with Crippen molar-refractivity contribution in [3.63, 3.8) is 0 Å². The van der Waals surface area contributed by atoms with Crippen LogP contribution in [0.25, 0.3) is 0 Å². The zero-order valence-corrected chi connectivity index (χ0v) is 5.56. The number of nitrogens with zero attached hydrogens (tertiary/aromatic N) is 1. The van der Waals surface area contributed by atoms with Gasteiger partial charge in [0.1, 0.15) is 0 Å². The first kappa shape index (κ1) is 5.95. The van der Waals surface area contributed by atoms with Crippen LogP contribution < -0.4 is 0 Å². The van der Waals surface area contributed by atoms with E-state index in [1.807, 2.05) is 4.90 Å². The van der Waals surface area contributed by atoms with E-state index in [1.54, 1.807) is 0 Å². The minimum atomic E-state index is 0.497. The van der Waals surface area contributed by atoms with Gasteiger partial charge in [0.05, 0.1) is 6.34 Å². The Morgan fingerprint density at radius 2 is 2.50 bits per heavy atom. The molecule has 1 fully saturated rings. The summed E-state index contributed by atoms with van der Waals surface area (Å²) in [6.07, 6.45) is 2.51. The van der Waals surface area contributed by atoms with Crippen LogP contribution in [0.5, 0.6) is 0 Å². The zero-order valence-electron chi connectivity index (χ0n) is 4.67. The molecule has 1 unspecified atom stereocenters. The van der Waals surface area contributed by atoms with Gasteiger partial charge < -0.3 is 4.90 Å². The summed E-state index contributed by atoms with van der Waals surface area (Å²) in [5.41, 5.74) is 0. The molecule has 2 nitrogen and oxygen atoms in total. The predicted octanol–water partition coefficient (Wildman–Crippen LogP) is 0.598. The van der Waals surface area contributed by atoms with Gasteiger partial charge in [0.25, 0.3) is 0 Å². The Bertz CT molecular complexity index is 94.4. The normalized spacial score (nSPS) is 28.6. The van der Waals surface area contributed by atoms with E-state index in [4.69, 9.17) is 5.41 Å². The van der Waals surface area contributed by atoms with Crippen molar-refractivity contribution in [3.05, 3.63) is 0 Å². The molecule has 1 saturated heterocycles. The molecule has 8 heavy (non-hydrogen) atoms. The lowest BCUT2D eigenvalue weighted by atomic mass is 10.4. The second kappa shape index (κ2) is 2.40. The van der Waals surface area contributed by atoms with Crippen molar-refractivity contribution in [1.82, 2.24) is 4.90 Å². The topological polar surface area (TPSA) is 27.1 Å². The monoisotopic (exact) mass is 130 g/mol. The molecule has 1 aliphatic heterocycles. The molecule has 0 radical (unpaired) electrons. The molecule has 0 aliphatic carbocycles. The van der Waals surface area contributed by atoms with Gasteiger partial charge >= 0.3 is 0 Å². The van der Waals surface area contributed by atoms with Crippen LogP contribution >= 0.6 is 12.6 Å². The second-order valence-electron chi connectivity index (χ2n) is 2.07.